The summed E-state index contributed by atoms with van der Waals surface area (Å²) in [6.07, 6.45) is -5.22. The summed E-state index contributed by atoms with van der Waals surface area (Å²) in [7, 11) is -3.81. The molecule has 0 aliphatic heterocycles. The Bertz CT molecular complexity index is 1020. The lowest BCUT2D eigenvalue weighted by atomic mass is 9.81. The number of nitrogens with zero attached hydrogens (tertiary/aromatic N) is 3. The van der Waals surface area contributed by atoms with Gasteiger partial charge in [-0.25, -0.2) is 18.2 Å². The number of sulfone groups is 1. The maximum atomic E-state index is 13.0. The Balaban J connectivity index is 2.82. The molecule has 0 bridgehead atoms. The number of alkyl halides is 3. The van der Waals surface area contributed by atoms with Crippen molar-refractivity contribution < 1.29 is 40.8 Å². The Morgan fingerprint density at radius 1 is 1.38 bits per heavy atom. The second-order valence-electron chi connectivity index (χ2n) is 6.68. The average Bonchev–Trinajstić information content (AvgIpc) is 2.99. The zero-order valence-electron chi connectivity index (χ0n) is 15.8. The molecular weight excluding hydrogens is 419 g/mol. The monoisotopic (exact) mass is 437 g/mol. The van der Waals surface area contributed by atoms with Crippen LogP contribution in [0, 0.1) is 6.92 Å². The molecule has 0 saturated heterocycles. The van der Waals surface area contributed by atoms with E-state index in [2.05, 4.69) is 15.1 Å². The molecule has 2 aromatic heterocycles. The number of rotatable bonds is 7. The summed E-state index contributed by atoms with van der Waals surface area (Å²) in [5.41, 5.74) is -2.92. The molecule has 13 heteroatoms. The summed E-state index contributed by atoms with van der Waals surface area (Å²) in [4.78, 5) is 19.4. The highest BCUT2D eigenvalue weighted by Gasteiger charge is 2.45. The molecule has 0 radical (unpaired) electrons. The van der Waals surface area contributed by atoms with Gasteiger partial charge in [-0.15, -0.1) is 0 Å². The molecule has 1 N–H and O–H groups in total. The first kappa shape index (κ1) is 22.6. The van der Waals surface area contributed by atoms with Crippen LogP contribution in [0.15, 0.2) is 16.8 Å². The summed E-state index contributed by atoms with van der Waals surface area (Å²) in [6.45, 7) is 3.42. The third kappa shape index (κ3) is 5.02. The van der Waals surface area contributed by atoms with Crippen molar-refractivity contribution in [3.05, 3.63) is 35.2 Å². The number of aryl methyl sites for hydroxylation is 1. The zero-order valence-corrected chi connectivity index (χ0v) is 16.6. The van der Waals surface area contributed by atoms with Crippen molar-refractivity contribution in [2.75, 3.05) is 12.0 Å². The van der Waals surface area contributed by atoms with E-state index in [0.717, 1.165) is 25.4 Å². The summed E-state index contributed by atoms with van der Waals surface area (Å²) < 4.78 is 73.1. The second-order valence-corrected chi connectivity index (χ2v) is 8.82. The molecule has 0 saturated carbocycles. The van der Waals surface area contributed by atoms with Crippen molar-refractivity contribution >= 4 is 15.8 Å². The number of aromatic carboxylic acids is 1. The van der Waals surface area contributed by atoms with E-state index in [1.807, 2.05) is 0 Å². The number of ether oxygens (including phenoxy) is 1. The van der Waals surface area contributed by atoms with Crippen molar-refractivity contribution in [3.8, 4) is 5.75 Å². The number of carbonyl (C=O) groups is 1. The quantitative estimate of drug-likeness (QED) is 0.692. The van der Waals surface area contributed by atoms with Crippen LogP contribution in [-0.2, 0) is 15.3 Å². The van der Waals surface area contributed by atoms with Crippen molar-refractivity contribution in [2.24, 2.45) is 0 Å². The van der Waals surface area contributed by atoms with E-state index in [1.54, 1.807) is 0 Å². The van der Waals surface area contributed by atoms with Crippen molar-refractivity contribution in [1.82, 2.24) is 15.1 Å². The normalized spacial score (nSPS) is 15.6. The van der Waals surface area contributed by atoms with Crippen molar-refractivity contribution in [2.45, 2.75) is 38.5 Å². The minimum Gasteiger partial charge on any atom is -0.481 e. The van der Waals surface area contributed by atoms with E-state index < -0.39 is 56.3 Å². The second kappa shape index (κ2) is 7.61. The van der Waals surface area contributed by atoms with E-state index in [9.17, 15) is 31.5 Å². The lowest BCUT2D eigenvalue weighted by Crippen LogP contribution is -2.38. The lowest BCUT2D eigenvalue weighted by molar-refractivity contribution is -0.189. The van der Waals surface area contributed by atoms with Gasteiger partial charge in [0.2, 0.25) is 5.89 Å². The summed E-state index contributed by atoms with van der Waals surface area (Å²) >= 11 is 0. The van der Waals surface area contributed by atoms with E-state index in [1.165, 1.54) is 13.8 Å². The molecule has 0 amide bonds. The van der Waals surface area contributed by atoms with Crippen LogP contribution in [0.3, 0.4) is 0 Å². The van der Waals surface area contributed by atoms with Gasteiger partial charge in [-0.3, -0.25) is 0 Å². The molecule has 29 heavy (non-hydrogen) atoms. The Hall–Kier alpha value is -2.70. The Kier molecular flexibility index (Phi) is 5.93. The number of hydrogen-bond acceptors (Lipinski definition) is 8. The van der Waals surface area contributed by atoms with Crippen LogP contribution in [0.25, 0.3) is 0 Å². The fourth-order valence-corrected chi connectivity index (χ4v) is 4.11. The average molecular weight is 437 g/mol. The van der Waals surface area contributed by atoms with E-state index >= 15 is 0 Å². The first-order valence-electron chi connectivity index (χ1n) is 8.10. The Morgan fingerprint density at radius 3 is 2.45 bits per heavy atom. The molecule has 2 unspecified atom stereocenters. The van der Waals surface area contributed by atoms with Crippen LogP contribution in [0.2, 0.25) is 0 Å². The molecule has 160 valence electrons. The van der Waals surface area contributed by atoms with Crippen LogP contribution in [0.1, 0.15) is 41.6 Å². The van der Waals surface area contributed by atoms with Crippen LogP contribution in [0.4, 0.5) is 13.2 Å². The summed E-state index contributed by atoms with van der Waals surface area (Å²) in [5, 5.41) is 13.2. The molecule has 0 aliphatic carbocycles. The van der Waals surface area contributed by atoms with Crippen molar-refractivity contribution in [3.63, 3.8) is 0 Å². The Morgan fingerprint density at radius 2 is 2.00 bits per heavy atom. The summed E-state index contributed by atoms with van der Waals surface area (Å²) in [5.74, 6) is -3.02. The number of pyridine rings is 1. The van der Waals surface area contributed by atoms with Crippen LogP contribution >= 0.6 is 0 Å². The minimum atomic E-state index is -4.75. The molecule has 0 spiro atoms. The number of hydrogen-bond donors (Lipinski definition) is 1. The Labute approximate surface area is 163 Å². The summed E-state index contributed by atoms with van der Waals surface area (Å²) in [6, 6.07) is 1.03. The number of halogens is 3. The first-order valence-corrected chi connectivity index (χ1v) is 10.2. The highest BCUT2D eigenvalue weighted by molar-refractivity contribution is 7.90. The minimum absolute atomic E-state index is 0.0478. The fraction of sp³-hybridized carbons (Fsp3) is 0.500. The number of carboxylic acids is 1. The van der Waals surface area contributed by atoms with Crippen LogP contribution in [0.5, 0.6) is 5.75 Å². The largest absolute Gasteiger partial charge is 0.481 e. The lowest BCUT2D eigenvalue weighted by Gasteiger charge is -2.30. The highest BCUT2D eigenvalue weighted by atomic mass is 32.2. The highest BCUT2D eigenvalue weighted by Crippen LogP contribution is 2.40. The maximum Gasteiger partial charge on any atom is 0.425 e. The van der Waals surface area contributed by atoms with E-state index in [-0.39, 0.29) is 11.7 Å². The molecule has 0 aliphatic rings. The van der Waals surface area contributed by atoms with Gasteiger partial charge in [-0.05, 0) is 19.9 Å². The predicted molar refractivity (Wildman–Crippen MR) is 92.5 cm³/mol. The van der Waals surface area contributed by atoms with Gasteiger partial charge in [0.15, 0.2) is 17.6 Å². The molecular formula is C16H18F3N3O6S. The third-order valence-electron chi connectivity index (χ3n) is 4.00. The third-order valence-corrected chi connectivity index (χ3v) is 5.11. The van der Waals surface area contributed by atoms with Gasteiger partial charge >= 0.3 is 12.1 Å². The molecule has 9 nitrogen and oxygen atoms in total. The van der Waals surface area contributed by atoms with Gasteiger partial charge in [-0.2, -0.15) is 18.2 Å². The van der Waals surface area contributed by atoms with Crippen molar-refractivity contribution in [1.29, 1.82) is 0 Å². The van der Waals surface area contributed by atoms with Gasteiger partial charge in [0.25, 0.3) is 0 Å². The number of carboxylic acid groups (broad SMARTS) is 1. The molecule has 2 rings (SSSR count). The van der Waals surface area contributed by atoms with Crippen LogP contribution < -0.4 is 4.74 Å². The number of aromatic nitrogens is 3. The standard InChI is InChI=1S/C16H18F3N3O6S/c1-8(16(17,18)19)27-10-5-6-20-12(13(23)24)11(10)15(3,7-29(4,25)26)14-21-9(2)28-22-14/h5-6,8H,7H2,1-4H3,(H,23,24). The van der Waals surface area contributed by atoms with E-state index in [4.69, 9.17) is 9.26 Å². The van der Waals surface area contributed by atoms with Gasteiger partial charge in [0.1, 0.15) is 15.6 Å². The molecule has 2 heterocycles. The van der Waals surface area contributed by atoms with Gasteiger partial charge in [-0.1, -0.05) is 5.16 Å². The van der Waals surface area contributed by atoms with Crippen LogP contribution in [-0.4, -0.2) is 58.9 Å². The van der Waals surface area contributed by atoms with E-state index in [0.29, 0.717) is 0 Å². The smallest absolute Gasteiger partial charge is 0.425 e. The SMILES string of the molecule is Cc1nc(C(C)(CS(C)(=O)=O)c2c(OC(C)C(F)(F)F)ccnc2C(=O)O)no1. The maximum absolute atomic E-state index is 13.0. The van der Waals surface area contributed by atoms with Gasteiger partial charge < -0.3 is 14.4 Å². The zero-order chi connectivity index (χ0) is 22.2. The first-order chi connectivity index (χ1) is 13.1. The molecule has 0 aromatic carbocycles. The topological polar surface area (TPSA) is 132 Å². The molecule has 0 fully saturated rings. The van der Waals surface area contributed by atoms with Gasteiger partial charge in [0.05, 0.1) is 11.2 Å². The molecule has 2 atom stereocenters. The van der Waals surface area contributed by atoms with Gasteiger partial charge in [0, 0.05) is 24.9 Å². The predicted octanol–water partition coefficient (Wildman–Crippen LogP) is 2.15. The molecule has 2 aromatic rings. The fourth-order valence-electron chi connectivity index (χ4n) is 2.79.